The van der Waals surface area contributed by atoms with E-state index in [9.17, 15) is 0 Å². The molecule has 0 unspecified atom stereocenters. The summed E-state index contributed by atoms with van der Waals surface area (Å²) in [7, 11) is 5.80. The van der Waals surface area contributed by atoms with E-state index in [0.717, 1.165) is 30.6 Å². The minimum absolute atomic E-state index is 0.482. The predicted octanol–water partition coefficient (Wildman–Crippen LogP) is 3.97. The molecule has 0 amide bonds. The monoisotopic (exact) mass is 362 g/mol. The molecule has 4 nitrogen and oxygen atoms in total. The molecule has 0 heterocycles. The van der Waals surface area contributed by atoms with Gasteiger partial charge in [0, 0.05) is 17.6 Å². The molecule has 1 N–H and O–H groups in total. The Balaban J connectivity index is 1.94. The van der Waals surface area contributed by atoms with Gasteiger partial charge in [0.05, 0.1) is 7.11 Å². The van der Waals surface area contributed by atoms with Crippen LogP contribution in [0.25, 0.3) is 0 Å². The molecule has 136 valence electrons. The lowest BCUT2D eigenvalue weighted by Gasteiger charge is -2.15. The van der Waals surface area contributed by atoms with Crippen molar-refractivity contribution in [2.24, 2.45) is 0 Å². The van der Waals surface area contributed by atoms with Crippen molar-refractivity contribution in [3.05, 3.63) is 58.6 Å². The van der Waals surface area contributed by atoms with E-state index in [2.05, 4.69) is 24.3 Å². The minimum Gasteiger partial charge on any atom is -0.493 e. The zero-order chi connectivity index (χ0) is 18.1. The van der Waals surface area contributed by atoms with E-state index in [1.807, 2.05) is 42.5 Å². The number of nitrogens with one attached hydrogen (secondary N) is 1. The lowest BCUT2D eigenvalue weighted by Crippen LogP contribution is -2.21. The number of hydrogen-bond donors (Lipinski definition) is 1. The Morgan fingerprint density at radius 1 is 1.08 bits per heavy atom. The van der Waals surface area contributed by atoms with Gasteiger partial charge in [-0.2, -0.15) is 0 Å². The number of rotatable bonds is 10. The SMILES string of the molecule is COc1cc(CNCCCN(C)C)c(Cl)cc1OCc1ccccc1. The number of methoxy groups -OCH3 is 1. The molecule has 0 aliphatic carbocycles. The molecular weight excluding hydrogens is 336 g/mol. The van der Waals surface area contributed by atoms with Gasteiger partial charge in [-0.15, -0.1) is 0 Å². The van der Waals surface area contributed by atoms with Crippen molar-refractivity contribution in [2.75, 3.05) is 34.3 Å². The molecular formula is C20H27ClN2O2. The highest BCUT2D eigenvalue weighted by molar-refractivity contribution is 6.31. The van der Waals surface area contributed by atoms with Crippen LogP contribution in [0.2, 0.25) is 5.02 Å². The van der Waals surface area contributed by atoms with E-state index in [1.54, 1.807) is 7.11 Å². The van der Waals surface area contributed by atoms with Crippen molar-refractivity contribution in [1.29, 1.82) is 0 Å². The summed E-state index contributed by atoms with van der Waals surface area (Å²) in [4.78, 5) is 2.18. The van der Waals surface area contributed by atoms with Crippen molar-refractivity contribution in [2.45, 2.75) is 19.6 Å². The molecule has 5 heteroatoms. The average Bonchev–Trinajstić information content (AvgIpc) is 2.61. The Bertz CT molecular complexity index is 648. The standard InChI is InChI=1S/C20H27ClN2O2/c1-23(2)11-7-10-22-14-17-12-19(24-3)20(13-18(17)21)25-15-16-8-5-4-6-9-16/h4-6,8-9,12-13,22H,7,10-11,14-15H2,1-3H3. The molecule has 2 rings (SSSR count). The number of benzene rings is 2. The van der Waals surface area contributed by atoms with Gasteiger partial charge in [0.1, 0.15) is 6.61 Å². The van der Waals surface area contributed by atoms with Crippen LogP contribution in [0.3, 0.4) is 0 Å². The lowest BCUT2D eigenvalue weighted by atomic mass is 10.2. The van der Waals surface area contributed by atoms with Crippen molar-refractivity contribution in [3.63, 3.8) is 0 Å². The van der Waals surface area contributed by atoms with E-state index in [-0.39, 0.29) is 0 Å². The van der Waals surface area contributed by atoms with E-state index in [1.165, 1.54) is 0 Å². The second-order valence-corrected chi connectivity index (χ2v) is 6.61. The number of halogens is 1. The first kappa shape index (κ1) is 19.6. The van der Waals surface area contributed by atoms with Crippen LogP contribution >= 0.6 is 11.6 Å². The molecule has 0 aliphatic rings. The Morgan fingerprint density at radius 2 is 1.84 bits per heavy atom. The van der Waals surface area contributed by atoms with E-state index < -0.39 is 0 Å². The van der Waals surface area contributed by atoms with E-state index in [4.69, 9.17) is 21.1 Å². The smallest absolute Gasteiger partial charge is 0.163 e. The van der Waals surface area contributed by atoms with Gasteiger partial charge in [-0.25, -0.2) is 0 Å². The third-order valence-electron chi connectivity index (χ3n) is 3.84. The maximum Gasteiger partial charge on any atom is 0.163 e. The van der Waals surface area contributed by atoms with E-state index in [0.29, 0.717) is 29.7 Å². The average molecular weight is 363 g/mol. The Morgan fingerprint density at radius 3 is 2.52 bits per heavy atom. The highest BCUT2D eigenvalue weighted by atomic mass is 35.5. The highest BCUT2D eigenvalue weighted by Crippen LogP contribution is 2.33. The number of ether oxygens (including phenoxy) is 2. The van der Waals surface area contributed by atoms with Gasteiger partial charge in [0.2, 0.25) is 0 Å². The summed E-state index contributed by atoms with van der Waals surface area (Å²) in [5, 5.41) is 4.10. The summed E-state index contributed by atoms with van der Waals surface area (Å²) >= 11 is 6.42. The fourth-order valence-corrected chi connectivity index (χ4v) is 2.68. The zero-order valence-electron chi connectivity index (χ0n) is 15.2. The Hall–Kier alpha value is -1.75. The van der Waals surface area contributed by atoms with Crippen LogP contribution in [-0.2, 0) is 13.2 Å². The summed E-state index contributed by atoms with van der Waals surface area (Å²) < 4.78 is 11.4. The summed E-state index contributed by atoms with van der Waals surface area (Å²) in [6.45, 7) is 3.21. The van der Waals surface area contributed by atoms with Crippen LogP contribution < -0.4 is 14.8 Å². The molecule has 0 atom stereocenters. The molecule has 0 aromatic heterocycles. The maximum atomic E-state index is 6.42. The van der Waals surface area contributed by atoms with Crippen LogP contribution in [-0.4, -0.2) is 39.2 Å². The third kappa shape index (κ3) is 6.58. The first-order valence-electron chi connectivity index (χ1n) is 8.48. The van der Waals surface area contributed by atoms with Gasteiger partial charge in [-0.05, 0) is 50.8 Å². The number of nitrogens with zero attached hydrogens (tertiary/aromatic N) is 1. The van der Waals surface area contributed by atoms with Gasteiger partial charge >= 0.3 is 0 Å². The lowest BCUT2D eigenvalue weighted by molar-refractivity contribution is 0.284. The first-order chi connectivity index (χ1) is 12.1. The van der Waals surface area contributed by atoms with Crippen molar-refractivity contribution >= 4 is 11.6 Å². The van der Waals surface area contributed by atoms with Gasteiger partial charge in [-0.3, -0.25) is 0 Å². The molecule has 2 aromatic carbocycles. The largest absolute Gasteiger partial charge is 0.493 e. The van der Waals surface area contributed by atoms with Crippen LogP contribution in [0, 0.1) is 0 Å². The Labute approximate surface area is 155 Å². The summed E-state index contributed by atoms with van der Waals surface area (Å²) in [6, 6.07) is 13.8. The van der Waals surface area contributed by atoms with Gasteiger partial charge < -0.3 is 19.7 Å². The predicted molar refractivity (Wildman–Crippen MR) is 104 cm³/mol. The van der Waals surface area contributed by atoms with Crippen LogP contribution in [0.1, 0.15) is 17.5 Å². The van der Waals surface area contributed by atoms with Crippen LogP contribution in [0.5, 0.6) is 11.5 Å². The van der Waals surface area contributed by atoms with E-state index >= 15 is 0 Å². The van der Waals surface area contributed by atoms with Gasteiger partial charge in [0.15, 0.2) is 11.5 Å². The van der Waals surface area contributed by atoms with Crippen LogP contribution in [0.15, 0.2) is 42.5 Å². The Kier molecular flexibility index (Phi) is 8.06. The molecule has 0 fully saturated rings. The third-order valence-corrected chi connectivity index (χ3v) is 4.20. The summed E-state index contributed by atoms with van der Waals surface area (Å²) in [5.74, 6) is 1.36. The zero-order valence-corrected chi connectivity index (χ0v) is 16.0. The van der Waals surface area contributed by atoms with Gasteiger partial charge in [-0.1, -0.05) is 41.9 Å². The minimum atomic E-state index is 0.482. The quantitative estimate of drug-likeness (QED) is 0.648. The fourth-order valence-electron chi connectivity index (χ4n) is 2.46. The number of hydrogen-bond acceptors (Lipinski definition) is 4. The van der Waals surface area contributed by atoms with Gasteiger partial charge in [0.25, 0.3) is 0 Å². The highest BCUT2D eigenvalue weighted by Gasteiger charge is 2.11. The van der Waals surface area contributed by atoms with Crippen LogP contribution in [0.4, 0.5) is 0 Å². The first-order valence-corrected chi connectivity index (χ1v) is 8.86. The summed E-state index contributed by atoms with van der Waals surface area (Å²) in [6.07, 6.45) is 1.10. The fraction of sp³-hybridized carbons (Fsp3) is 0.400. The molecule has 0 aliphatic heterocycles. The second-order valence-electron chi connectivity index (χ2n) is 6.20. The topological polar surface area (TPSA) is 33.7 Å². The molecule has 0 radical (unpaired) electrons. The molecule has 2 aromatic rings. The molecule has 0 spiro atoms. The van der Waals surface area contributed by atoms with Crippen molar-refractivity contribution < 1.29 is 9.47 Å². The molecule has 0 saturated carbocycles. The molecule has 0 saturated heterocycles. The maximum absolute atomic E-state index is 6.42. The summed E-state index contributed by atoms with van der Waals surface area (Å²) in [5.41, 5.74) is 2.11. The molecule has 25 heavy (non-hydrogen) atoms. The second kappa shape index (κ2) is 10.3. The van der Waals surface area contributed by atoms with Crippen molar-refractivity contribution in [3.8, 4) is 11.5 Å². The van der Waals surface area contributed by atoms with Crippen molar-refractivity contribution in [1.82, 2.24) is 10.2 Å². The normalized spacial score (nSPS) is 10.9. The molecule has 0 bridgehead atoms.